The number of allylic oxidation sites excluding steroid dienone is 6. The van der Waals surface area contributed by atoms with E-state index in [1.54, 1.807) is 11.1 Å². The molecule has 2 N–H and O–H groups in total. The van der Waals surface area contributed by atoms with Gasteiger partial charge in [-0.05, 0) is 113 Å². The highest BCUT2D eigenvalue weighted by atomic mass is 15.2. The van der Waals surface area contributed by atoms with E-state index in [0.29, 0.717) is 6.04 Å². The molecule has 4 aromatic rings. The molecule has 4 heteroatoms. The number of rotatable bonds is 5. The molecule has 0 saturated carbocycles. The van der Waals surface area contributed by atoms with Crippen molar-refractivity contribution in [3.8, 4) is 11.1 Å². The maximum absolute atomic E-state index is 3.62. The minimum absolute atomic E-state index is 0.122. The Kier molecular flexibility index (Phi) is 7.42. The van der Waals surface area contributed by atoms with E-state index in [1.165, 1.54) is 73.0 Å². The molecule has 0 aromatic heterocycles. The van der Waals surface area contributed by atoms with E-state index in [9.17, 15) is 0 Å². The molecule has 0 spiro atoms. The molecule has 4 aromatic carbocycles. The van der Waals surface area contributed by atoms with Gasteiger partial charge in [-0.15, -0.1) is 0 Å². The summed E-state index contributed by atoms with van der Waals surface area (Å²) in [5.74, 6) is 0. The molecule has 4 nitrogen and oxygen atoms in total. The monoisotopic (exact) mass is 678 g/mol. The van der Waals surface area contributed by atoms with Crippen LogP contribution in [0.5, 0.6) is 0 Å². The average Bonchev–Trinajstić information content (AvgIpc) is 3.81. The number of nitrogens with zero attached hydrogens (tertiary/aromatic N) is 2. The summed E-state index contributed by atoms with van der Waals surface area (Å²) in [5, 5.41) is 7.18. The molecule has 52 heavy (non-hydrogen) atoms. The first-order chi connectivity index (χ1) is 25.6. The van der Waals surface area contributed by atoms with Crippen LogP contribution >= 0.6 is 0 Å². The molecule has 258 valence electrons. The van der Waals surface area contributed by atoms with Crippen molar-refractivity contribution in [2.45, 2.75) is 57.4 Å². The molecule has 10 rings (SSSR count). The van der Waals surface area contributed by atoms with Crippen molar-refractivity contribution < 1.29 is 0 Å². The fraction of sp³-hybridized carbons (Fsp3) is 0.250. The van der Waals surface area contributed by atoms with Gasteiger partial charge in [0.15, 0.2) is 0 Å². The molecule has 0 bridgehead atoms. The fourth-order valence-electron chi connectivity index (χ4n) is 9.95. The first-order valence-corrected chi connectivity index (χ1v) is 19.2. The first kappa shape index (κ1) is 31.3. The number of hydrogen-bond acceptors (Lipinski definition) is 4. The van der Waals surface area contributed by atoms with E-state index in [0.717, 1.165) is 51.7 Å². The van der Waals surface area contributed by atoms with Crippen LogP contribution in [0.1, 0.15) is 60.9 Å². The van der Waals surface area contributed by atoms with Gasteiger partial charge in [0.05, 0.1) is 5.69 Å². The lowest BCUT2D eigenvalue weighted by Gasteiger charge is -2.37. The lowest BCUT2D eigenvalue weighted by Crippen LogP contribution is -2.29. The van der Waals surface area contributed by atoms with Crippen LogP contribution in [0.25, 0.3) is 22.4 Å². The zero-order valence-electron chi connectivity index (χ0n) is 30.3. The fourth-order valence-corrected chi connectivity index (χ4v) is 9.95. The van der Waals surface area contributed by atoms with Crippen molar-refractivity contribution in [1.29, 1.82) is 0 Å². The van der Waals surface area contributed by atoms with Gasteiger partial charge in [0, 0.05) is 65.0 Å². The van der Waals surface area contributed by atoms with E-state index in [-0.39, 0.29) is 5.41 Å². The van der Waals surface area contributed by atoms with Gasteiger partial charge in [0.25, 0.3) is 0 Å². The number of para-hydroxylation sites is 2. The highest BCUT2D eigenvalue weighted by molar-refractivity contribution is 6.00. The van der Waals surface area contributed by atoms with Crippen LogP contribution in [0.3, 0.4) is 0 Å². The molecule has 0 fully saturated rings. The molecule has 1 atom stereocenters. The molecule has 0 saturated heterocycles. The predicted octanol–water partition coefficient (Wildman–Crippen LogP) is 10.1. The molecular formula is C48H46N4. The van der Waals surface area contributed by atoms with Crippen molar-refractivity contribution in [1.82, 2.24) is 10.6 Å². The number of hydrogen-bond donors (Lipinski definition) is 2. The number of nitrogens with one attached hydrogen (secondary N) is 2. The van der Waals surface area contributed by atoms with Crippen LogP contribution in [-0.2, 0) is 18.3 Å². The predicted molar refractivity (Wildman–Crippen MR) is 218 cm³/mol. The third-order valence-electron chi connectivity index (χ3n) is 12.4. The SMILES string of the molecule is CC1(C)C2=C(C3=C(CC2)CCN3c2ccccc2CC2C=CC=CN2)c2ccccc2-c2c1ccc1c2CCN1c1ccccc1C1=CC=CCN1. The van der Waals surface area contributed by atoms with E-state index in [4.69, 9.17) is 0 Å². The summed E-state index contributed by atoms with van der Waals surface area (Å²) < 4.78 is 0. The first-order valence-electron chi connectivity index (χ1n) is 19.2. The number of fused-ring (bicyclic) bond motifs is 7. The van der Waals surface area contributed by atoms with Gasteiger partial charge < -0.3 is 20.4 Å². The number of anilines is 3. The zero-order chi connectivity index (χ0) is 34.8. The lowest BCUT2D eigenvalue weighted by atomic mass is 9.70. The van der Waals surface area contributed by atoms with E-state index in [1.807, 2.05) is 0 Å². The van der Waals surface area contributed by atoms with Gasteiger partial charge in [-0.25, -0.2) is 0 Å². The average molecular weight is 679 g/mol. The molecular weight excluding hydrogens is 633 g/mol. The minimum atomic E-state index is -0.122. The summed E-state index contributed by atoms with van der Waals surface area (Å²) in [4.78, 5) is 5.26. The van der Waals surface area contributed by atoms with Crippen LogP contribution < -0.4 is 20.4 Å². The van der Waals surface area contributed by atoms with E-state index >= 15 is 0 Å². The normalized spacial score (nSPS) is 20.7. The maximum Gasteiger partial charge on any atom is 0.0505 e. The summed E-state index contributed by atoms with van der Waals surface area (Å²) in [5.41, 5.74) is 21.1. The second kappa shape index (κ2) is 12.3. The molecule has 1 unspecified atom stereocenters. The van der Waals surface area contributed by atoms with Gasteiger partial charge in [0.1, 0.15) is 0 Å². The Bertz CT molecular complexity index is 2310. The Labute approximate surface area is 308 Å². The Morgan fingerprint density at radius 2 is 1.50 bits per heavy atom. The van der Waals surface area contributed by atoms with Gasteiger partial charge >= 0.3 is 0 Å². The standard InChI is InChI=1S/C48H46N4/c1-48(2)39-23-24-44-38(26-30-51(44)43-20-8-6-17-37(43)41-18-10-12-28-50-41)45(39)35-15-4-5-16-36(35)46-40(48)22-21-32-25-29-52(47(32)46)42-19-7-3-13-33(42)31-34-14-9-11-27-49-34/h3-20,23-24,27,34,49-50H,21-22,25-26,28-31H2,1-2H3. The van der Waals surface area contributed by atoms with Crippen molar-refractivity contribution in [3.05, 3.63) is 172 Å². The smallest absolute Gasteiger partial charge is 0.0505 e. The van der Waals surface area contributed by atoms with Crippen LogP contribution in [-0.4, -0.2) is 25.7 Å². The van der Waals surface area contributed by atoms with Crippen molar-refractivity contribution >= 4 is 28.3 Å². The third kappa shape index (κ3) is 4.87. The van der Waals surface area contributed by atoms with Gasteiger partial charge in [-0.1, -0.05) is 105 Å². The Morgan fingerprint density at radius 1 is 0.712 bits per heavy atom. The Morgan fingerprint density at radius 3 is 2.33 bits per heavy atom. The van der Waals surface area contributed by atoms with Crippen molar-refractivity contribution in [2.75, 3.05) is 29.4 Å². The summed E-state index contributed by atoms with van der Waals surface area (Å²) in [6.07, 6.45) is 20.5. The van der Waals surface area contributed by atoms with E-state index < -0.39 is 0 Å². The Balaban J connectivity index is 1.11. The highest BCUT2D eigenvalue weighted by Gasteiger charge is 2.43. The highest BCUT2D eigenvalue weighted by Crippen LogP contribution is 2.57. The minimum Gasteiger partial charge on any atom is -0.384 e. The molecule has 0 radical (unpaired) electrons. The molecule has 6 aliphatic rings. The summed E-state index contributed by atoms with van der Waals surface area (Å²) >= 11 is 0. The Hall–Kier alpha value is -5.48. The third-order valence-corrected chi connectivity index (χ3v) is 12.4. The topological polar surface area (TPSA) is 30.5 Å². The molecule has 4 heterocycles. The maximum atomic E-state index is 3.62. The molecule has 0 amide bonds. The zero-order valence-corrected chi connectivity index (χ0v) is 30.3. The van der Waals surface area contributed by atoms with Crippen LogP contribution in [0.2, 0.25) is 0 Å². The summed E-state index contributed by atoms with van der Waals surface area (Å²) in [6, 6.07) is 32.6. The van der Waals surface area contributed by atoms with Crippen LogP contribution in [0.4, 0.5) is 17.1 Å². The van der Waals surface area contributed by atoms with Gasteiger partial charge in [0.2, 0.25) is 0 Å². The van der Waals surface area contributed by atoms with E-state index in [2.05, 4.69) is 162 Å². The number of dihydropyridines is 2. The van der Waals surface area contributed by atoms with Crippen LogP contribution in [0, 0.1) is 0 Å². The second-order valence-corrected chi connectivity index (χ2v) is 15.5. The second-order valence-electron chi connectivity index (χ2n) is 15.5. The largest absolute Gasteiger partial charge is 0.384 e. The summed E-state index contributed by atoms with van der Waals surface area (Å²) in [7, 11) is 0. The van der Waals surface area contributed by atoms with Crippen molar-refractivity contribution in [2.24, 2.45) is 0 Å². The van der Waals surface area contributed by atoms with Crippen LogP contribution in [0.15, 0.2) is 144 Å². The molecule has 4 aliphatic heterocycles. The summed E-state index contributed by atoms with van der Waals surface area (Å²) in [6.45, 7) is 7.88. The lowest BCUT2D eigenvalue weighted by molar-refractivity contribution is 0.590. The number of benzene rings is 4. The van der Waals surface area contributed by atoms with Gasteiger partial charge in [-0.2, -0.15) is 0 Å². The van der Waals surface area contributed by atoms with Gasteiger partial charge in [-0.3, -0.25) is 0 Å². The quantitative estimate of drug-likeness (QED) is 0.220. The van der Waals surface area contributed by atoms with Crippen molar-refractivity contribution in [3.63, 3.8) is 0 Å². The molecule has 2 aliphatic carbocycles.